The molecule has 0 radical (unpaired) electrons. The van der Waals surface area contributed by atoms with E-state index in [-0.39, 0.29) is 5.41 Å². The maximum Gasteiger partial charge on any atom is 0.0485 e. The van der Waals surface area contributed by atoms with E-state index in [0.717, 1.165) is 6.42 Å². The molecule has 0 aromatic heterocycles. The number of hydrogen-bond acceptors (Lipinski definition) is 1. The standard InChI is InChI=1S/C28H31N/c1-22-25(18-10-2-3-13-21-29)26-19-11-12-20-27(26)28(22,23-14-6-4-7-15-23)24-16-8-5-9-17-24/h3-9,11-17,19-20,22,25H,2,10,18,21,29H2,1H3/b13-3+. The molecule has 0 fully saturated rings. The van der Waals surface area contributed by atoms with E-state index in [1.807, 2.05) is 0 Å². The first kappa shape index (κ1) is 19.7. The molecule has 0 aliphatic heterocycles. The Hall–Kier alpha value is -2.64. The SMILES string of the molecule is CC1C(CCC/C=C/CN)c2ccccc2C1(c1ccccc1)c1ccccc1. The van der Waals surface area contributed by atoms with E-state index in [4.69, 9.17) is 5.73 Å². The minimum Gasteiger partial charge on any atom is -0.327 e. The highest BCUT2D eigenvalue weighted by Crippen LogP contribution is 2.58. The molecule has 1 aliphatic carbocycles. The second-order valence-electron chi connectivity index (χ2n) is 8.16. The second-order valence-corrected chi connectivity index (χ2v) is 8.16. The van der Waals surface area contributed by atoms with Crippen LogP contribution in [0.2, 0.25) is 0 Å². The average molecular weight is 382 g/mol. The Bertz CT molecular complexity index is 903. The Morgan fingerprint density at radius 1 is 0.793 bits per heavy atom. The molecule has 2 unspecified atom stereocenters. The Labute approximate surface area is 175 Å². The number of hydrogen-bond donors (Lipinski definition) is 1. The Morgan fingerprint density at radius 2 is 1.38 bits per heavy atom. The molecule has 3 aromatic carbocycles. The minimum atomic E-state index is -0.100. The van der Waals surface area contributed by atoms with Gasteiger partial charge < -0.3 is 5.73 Å². The molecule has 2 atom stereocenters. The molecule has 0 heterocycles. The topological polar surface area (TPSA) is 26.0 Å². The fourth-order valence-electron chi connectivity index (χ4n) is 5.48. The highest BCUT2D eigenvalue weighted by molar-refractivity contribution is 5.59. The lowest BCUT2D eigenvalue weighted by molar-refractivity contribution is 0.360. The van der Waals surface area contributed by atoms with Crippen LogP contribution >= 0.6 is 0 Å². The molecule has 0 bridgehead atoms. The lowest BCUT2D eigenvalue weighted by Gasteiger charge is -2.38. The molecule has 1 heteroatoms. The third kappa shape index (κ3) is 3.45. The zero-order valence-corrected chi connectivity index (χ0v) is 17.3. The van der Waals surface area contributed by atoms with Gasteiger partial charge in [-0.2, -0.15) is 0 Å². The molecular weight excluding hydrogens is 350 g/mol. The summed E-state index contributed by atoms with van der Waals surface area (Å²) >= 11 is 0. The Morgan fingerprint density at radius 3 is 2.00 bits per heavy atom. The quantitative estimate of drug-likeness (QED) is 0.370. The maximum absolute atomic E-state index is 5.60. The third-order valence-corrected chi connectivity index (χ3v) is 6.72. The highest BCUT2D eigenvalue weighted by atomic mass is 14.5. The van der Waals surface area contributed by atoms with Crippen LogP contribution < -0.4 is 5.73 Å². The smallest absolute Gasteiger partial charge is 0.0485 e. The molecule has 0 saturated carbocycles. The molecule has 1 nitrogen and oxygen atoms in total. The van der Waals surface area contributed by atoms with Crippen molar-refractivity contribution in [2.24, 2.45) is 11.7 Å². The van der Waals surface area contributed by atoms with Gasteiger partial charge in [0.2, 0.25) is 0 Å². The number of unbranched alkanes of at least 4 members (excludes halogenated alkanes) is 1. The summed E-state index contributed by atoms with van der Waals surface area (Å²) in [5, 5.41) is 0. The van der Waals surface area contributed by atoms with Crippen LogP contribution in [0.15, 0.2) is 97.1 Å². The van der Waals surface area contributed by atoms with Crippen molar-refractivity contribution >= 4 is 0 Å². The van der Waals surface area contributed by atoms with E-state index in [0.29, 0.717) is 18.4 Å². The van der Waals surface area contributed by atoms with Crippen LogP contribution in [0.3, 0.4) is 0 Å². The molecule has 0 amide bonds. The Kier molecular flexibility index (Phi) is 5.97. The lowest BCUT2D eigenvalue weighted by atomic mass is 9.64. The molecular formula is C28H31N. The van der Waals surface area contributed by atoms with Gasteiger partial charge in [-0.25, -0.2) is 0 Å². The van der Waals surface area contributed by atoms with Crippen molar-refractivity contribution in [1.29, 1.82) is 0 Å². The van der Waals surface area contributed by atoms with Gasteiger partial charge in [0, 0.05) is 12.0 Å². The summed E-state index contributed by atoms with van der Waals surface area (Å²) in [4.78, 5) is 0. The van der Waals surface area contributed by atoms with Gasteiger partial charge in [0.1, 0.15) is 0 Å². The highest BCUT2D eigenvalue weighted by Gasteiger charge is 2.51. The zero-order valence-electron chi connectivity index (χ0n) is 17.3. The summed E-state index contributed by atoms with van der Waals surface area (Å²) in [6.45, 7) is 3.09. The van der Waals surface area contributed by atoms with Crippen molar-refractivity contribution in [2.75, 3.05) is 6.54 Å². The third-order valence-electron chi connectivity index (χ3n) is 6.72. The summed E-state index contributed by atoms with van der Waals surface area (Å²) in [7, 11) is 0. The fraction of sp³-hybridized carbons (Fsp3) is 0.286. The largest absolute Gasteiger partial charge is 0.327 e. The van der Waals surface area contributed by atoms with Crippen molar-refractivity contribution in [2.45, 2.75) is 37.5 Å². The fourth-order valence-corrected chi connectivity index (χ4v) is 5.48. The number of benzene rings is 3. The van der Waals surface area contributed by atoms with E-state index in [1.54, 1.807) is 0 Å². The van der Waals surface area contributed by atoms with Crippen LogP contribution in [0.4, 0.5) is 0 Å². The van der Waals surface area contributed by atoms with Gasteiger partial charge >= 0.3 is 0 Å². The molecule has 3 aromatic rings. The van der Waals surface area contributed by atoms with Crippen LogP contribution in [0, 0.1) is 5.92 Å². The number of nitrogens with two attached hydrogens (primary N) is 1. The number of fused-ring (bicyclic) bond motifs is 1. The van der Waals surface area contributed by atoms with Gasteiger partial charge in [-0.3, -0.25) is 0 Å². The van der Waals surface area contributed by atoms with Crippen molar-refractivity contribution in [3.63, 3.8) is 0 Å². The average Bonchev–Trinajstić information content (AvgIpc) is 3.03. The Balaban J connectivity index is 1.82. The van der Waals surface area contributed by atoms with Gasteiger partial charge in [-0.1, -0.05) is 104 Å². The molecule has 148 valence electrons. The van der Waals surface area contributed by atoms with Crippen molar-refractivity contribution in [3.8, 4) is 0 Å². The molecule has 29 heavy (non-hydrogen) atoms. The predicted molar refractivity (Wildman–Crippen MR) is 123 cm³/mol. The first-order chi connectivity index (χ1) is 14.3. The number of rotatable bonds is 7. The molecule has 0 saturated heterocycles. The second kappa shape index (κ2) is 8.80. The van der Waals surface area contributed by atoms with E-state index in [9.17, 15) is 0 Å². The van der Waals surface area contributed by atoms with Crippen molar-refractivity contribution < 1.29 is 0 Å². The lowest BCUT2D eigenvalue weighted by Crippen LogP contribution is -2.34. The molecule has 1 aliphatic rings. The number of allylic oxidation sites excluding steroid dienone is 1. The summed E-state index contributed by atoms with van der Waals surface area (Å²) in [5.41, 5.74) is 11.3. The van der Waals surface area contributed by atoms with Crippen LogP contribution in [0.5, 0.6) is 0 Å². The van der Waals surface area contributed by atoms with Gasteiger partial charge in [-0.05, 0) is 53.4 Å². The van der Waals surface area contributed by atoms with Gasteiger partial charge in [0.15, 0.2) is 0 Å². The maximum atomic E-state index is 5.60. The van der Waals surface area contributed by atoms with E-state index in [1.165, 1.54) is 35.1 Å². The van der Waals surface area contributed by atoms with E-state index >= 15 is 0 Å². The van der Waals surface area contributed by atoms with Crippen molar-refractivity contribution in [3.05, 3.63) is 119 Å². The summed E-state index contributed by atoms with van der Waals surface area (Å²) < 4.78 is 0. The first-order valence-corrected chi connectivity index (χ1v) is 10.9. The normalized spacial score (nSPS) is 20.1. The van der Waals surface area contributed by atoms with E-state index in [2.05, 4.69) is 104 Å². The van der Waals surface area contributed by atoms with Crippen LogP contribution in [-0.2, 0) is 5.41 Å². The predicted octanol–water partition coefficient (Wildman–Crippen LogP) is 6.44. The summed E-state index contributed by atoms with van der Waals surface area (Å²) in [6, 6.07) is 31.3. The van der Waals surface area contributed by atoms with Gasteiger partial charge in [0.25, 0.3) is 0 Å². The first-order valence-electron chi connectivity index (χ1n) is 10.9. The molecule has 2 N–H and O–H groups in total. The molecule has 0 spiro atoms. The zero-order chi connectivity index (χ0) is 20.1. The van der Waals surface area contributed by atoms with Crippen LogP contribution in [-0.4, -0.2) is 6.54 Å². The van der Waals surface area contributed by atoms with Crippen LogP contribution in [0.1, 0.15) is 54.4 Å². The van der Waals surface area contributed by atoms with E-state index < -0.39 is 0 Å². The summed E-state index contributed by atoms with van der Waals surface area (Å²) in [5.74, 6) is 1.04. The minimum absolute atomic E-state index is 0.100. The summed E-state index contributed by atoms with van der Waals surface area (Å²) in [6.07, 6.45) is 7.80. The van der Waals surface area contributed by atoms with Gasteiger partial charge in [0.05, 0.1) is 0 Å². The monoisotopic (exact) mass is 381 g/mol. The van der Waals surface area contributed by atoms with Crippen molar-refractivity contribution in [1.82, 2.24) is 0 Å². The van der Waals surface area contributed by atoms with Crippen LogP contribution in [0.25, 0.3) is 0 Å². The van der Waals surface area contributed by atoms with Gasteiger partial charge in [-0.15, -0.1) is 0 Å². The molecule has 4 rings (SSSR count).